The van der Waals surface area contributed by atoms with Crippen LogP contribution in [0.15, 0.2) is 47.9 Å². The lowest BCUT2D eigenvalue weighted by molar-refractivity contribution is 0.169. The molecule has 7 heteroatoms. The number of nitroso groups, excluding NO2 is 1. The Morgan fingerprint density at radius 1 is 1.18 bits per heavy atom. The largest absolute Gasteiger partial charge is 0.486 e. The van der Waals surface area contributed by atoms with Crippen molar-refractivity contribution in [3.63, 3.8) is 0 Å². The first-order valence-corrected chi connectivity index (χ1v) is 9.99. The molecule has 3 heterocycles. The summed E-state index contributed by atoms with van der Waals surface area (Å²) >= 11 is 0. The summed E-state index contributed by atoms with van der Waals surface area (Å²) in [7, 11) is 0. The number of fused-ring (bicyclic) bond motifs is 1. The molecule has 0 radical (unpaired) electrons. The molecule has 7 nitrogen and oxygen atoms in total. The molecule has 2 aliphatic heterocycles. The SMILES string of the molecule is Cc1ccnc(N2CCN(CCCC3CN(N=O)c4ccccc4O3)CC2)c1. The Morgan fingerprint density at radius 2 is 2.00 bits per heavy atom. The number of hydrogen-bond donors (Lipinski definition) is 0. The fraction of sp³-hybridized carbons (Fsp3) is 0.476. The molecule has 148 valence electrons. The molecule has 0 N–H and O–H groups in total. The standard InChI is InChI=1S/C21H27N5O2/c1-17-8-9-22-21(15-17)25-13-11-24(12-14-25)10-4-5-18-16-26(23-27)19-6-2-3-7-20(19)28-18/h2-3,6-9,15,18H,4-5,10-14,16H2,1H3. The minimum absolute atomic E-state index is 0.00498. The maximum absolute atomic E-state index is 11.2. The number of piperazine rings is 1. The van der Waals surface area contributed by atoms with Gasteiger partial charge >= 0.3 is 0 Å². The fourth-order valence-corrected chi connectivity index (χ4v) is 3.94. The van der Waals surface area contributed by atoms with E-state index in [0.717, 1.165) is 62.8 Å². The number of pyridine rings is 1. The zero-order valence-electron chi connectivity index (χ0n) is 16.3. The van der Waals surface area contributed by atoms with Crippen molar-refractivity contribution in [2.75, 3.05) is 49.2 Å². The van der Waals surface area contributed by atoms with Gasteiger partial charge in [0.1, 0.15) is 23.4 Å². The van der Waals surface area contributed by atoms with Crippen LogP contribution in [-0.4, -0.2) is 55.3 Å². The molecule has 1 atom stereocenters. The van der Waals surface area contributed by atoms with Crippen LogP contribution in [-0.2, 0) is 0 Å². The topological polar surface area (TPSA) is 61.3 Å². The van der Waals surface area contributed by atoms with Crippen LogP contribution in [0.4, 0.5) is 11.5 Å². The van der Waals surface area contributed by atoms with E-state index in [9.17, 15) is 4.91 Å². The minimum Gasteiger partial charge on any atom is -0.486 e. The second-order valence-electron chi connectivity index (χ2n) is 7.53. The van der Waals surface area contributed by atoms with E-state index in [1.54, 1.807) is 0 Å². The second kappa shape index (κ2) is 8.56. The Labute approximate surface area is 165 Å². The highest BCUT2D eigenvalue weighted by Crippen LogP contribution is 2.34. The van der Waals surface area contributed by atoms with E-state index in [0.29, 0.717) is 6.54 Å². The number of aromatic nitrogens is 1. The molecule has 1 unspecified atom stereocenters. The Morgan fingerprint density at radius 3 is 2.79 bits per heavy atom. The first kappa shape index (κ1) is 18.7. The summed E-state index contributed by atoms with van der Waals surface area (Å²) in [6.07, 6.45) is 3.85. The molecule has 28 heavy (non-hydrogen) atoms. The van der Waals surface area contributed by atoms with Crippen molar-refractivity contribution in [1.82, 2.24) is 9.88 Å². The molecule has 0 spiro atoms. The van der Waals surface area contributed by atoms with Gasteiger partial charge in [-0.25, -0.2) is 9.99 Å². The van der Waals surface area contributed by atoms with Crippen LogP contribution in [0.2, 0.25) is 0 Å². The monoisotopic (exact) mass is 381 g/mol. The Bertz CT molecular complexity index is 807. The Balaban J connectivity index is 1.23. The lowest BCUT2D eigenvalue weighted by Gasteiger charge is -2.36. The molecular formula is C21H27N5O2. The molecular weight excluding hydrogens is 354 g/mol. The molecule has 2 aromatic rings. The van der Waals surface area contributed by atoms with E-state index in [-0.39, 0.29) is 6.10 Å². The van der Waals surface area contributed by atoms with Crippen molar-refractivity contribution in [2.24, 2.45) is 5.29 Å². The molecule has 0 saturated carbocycles. The average molecular weight is 381 g/mol. The van der Waals surface area contributed by atoms with Crippen molar-refractivity contribution in [3.05, 3.63) is 53.1 Å². The highest BCUT2D eigenvalue weighted by Gasteiger charge is 2.26. The number of ether oxygens (including phenoxy) is 1. The number of aryl methyl sites for hydroxylation is 1. The number of rotatable bonds is 6. The highest BCUT2D eigenvalue weighted by atomic mass is 16.5. The van der Waals surface area contributed by atoms with Crippen LogP contribution < -0.4 is 14.6 Å². The number of nitrogens with zero attached hydrogens (tertiary/aromatic N) is 5. The van der Waals surface area contributed by atoms with Crippen LogP contribution in [0, 0.1) is 11.8 Å². The van der Waals surface area contributed by atoms with Gasteiger partial charge in [0.2, 0.25) is 0 Å². The first-order valence-electron chi connectivity index (χ1n) is 9.99. The summed E-state index contributed by atoms with van der Waals surface area (Å²) in [5.74, 6) is 1.83. The predicted molar refractivity (Wildman–Crippen MR) is 111 cm³/mol. The minimum atomic E-state index is 0.00498. The molecule has 1 aromatic carbocycles. The van der Waals surface area contributed by atoms with Gasteiger partial charge in [0, 0.05) is 32.4 Å². The van der Waals surface area contributed by atoms with E-state index in [2.05, 4.69) is 33.1 Å². The summed E-state index contributed by atoms with van der Waals surface area (Å²) < 4.78 is 6.06. The highest BCUT2D eigenvalue weighted by molar-refractivity contribution is 5.59. The van der Waals surface area contributed by atoms with Crippen molar-refractivity contribution in [1.29, 1.82) is 0 Å². The first-order chi connectivity index (χ1) is 13.7. The molecule has 0 amide bonds. The van der Waals surface area contributed by atoms with Gasteiger partial charge in [-0.15, -0.1) is 4.91 Å². The summed E-state index contributed by atoms with van der Waals surface area (Å²) in [5.41, 5.74) is 2.01. The van der Waals surface area contributed by atoms with Crippen molar-refractivity contribution < 1.29 is 4.74 Å². The number of para-hydroxylation sites is 2. The van der Waals surface area contributed by atoms with Crippen molar-refractivity contribution in [3.8, 4) is 5.75 Å². The van der Waals surface area contributed by atoms with Crippen LogP contribution in [0.25, 0.3) is 0 Å². The van der Waals surface area contributed by atoms with Crippen molar-refractivity contribution in [2.45, 2.75) is 25.9 Å². The molecule has 4 rings (SSSR count). The van der Waals surface area contributed by atoms with Crippen LogP contribution in [0.1, 0.15) is 18.4 Å². The van der Waals surface area contributed by atoms with Crippen LogP contribution in [0.3, 0.4) is 0 Å². The Kier molecular flexibility index (Phi) is 5.71. The van der Waals surface area contributed by atoms with Crippen LogP contribution in [0.5, 0.6) is 5.75 Å². The molecule has 1 fully saturated rings. The maximum Gasteiger partial charge on any atom is 0.145 e. The van der Waals surface area contributed by atoms with E-state index in [1.165, 1.54) is 10.6 Å². The quantitative estimate of drug-likeness (QED) is 0.716. The zero-order chi connectivity index (χ0) is 19.3. The summed E-state index contributed by atoms with van der Waals surface area (Å²) in [6.45, 7) is 7.78. The molecule has 1 aromatic heterocycles. The number of benzene rings is 1. The number of hydrogen-bond acceptors (Lipinski definition) is 6. The maximum atomic E-state index is 11.2. The smallest absolute Gasteiger partial charge is 0.145 e. The van der Waals surface area contributed by atoms with E-state index in [4.69, 9.17) is 4.74 Å². The van der Waals surface area contributed by atoms with Gasteiger partial charge in [-0.05, 0) is 56.1 Å². The molecule has 1 saturated heterocycles. The van der Waals surface area contributed by atoms with Gasteiger partial charge in [-0.2, -0.15) is 0 Å². The Hall–Kier alpha value is -2.67. The lowest BCUT2D eigenvalue weighted by atomic mass is 10.1. The third kappa shape index (κ3) is 4.25. The fourth-order valence-electron chi connectivity index (χ4n) is 3.94. The molecule has 2 aliphatic rings. The third-order valence-corrected chi connectivity index (χ3v) is 5.51. The van der Waals surface area contributed by atoms with E-state index in [1.807, 2.05) is 36.5 Å². The van der Waals surface area contributed by atoms with E-state index >= 15 is 0 Å². The summed E-state index contributed by atoms with van der Waals surface area (Å²) in [5, 5.41) is 4.67. The van der Waals surface area contributed by atoms with Gasteiger partial charge in [0.25, 0.3) is 0 Å². The van der Waals surface area contributed by atoms with Gasteiger partial charge < -0.3 is 9.64 Å². The average Bonchev–Trinajstić information content (AvgIpc) is 2.73. The summed E-state index contributed by atoms with van der Waals surface area (Å²) in [4.78, 5) is 20.5. The van der Waals surface area contributed by atoms with E-state index < -0.39 is 0 Å². The number of anilines is 2. The molecule has 0 aliphatic carbocycles. The second-order valence-corrected chi connectivity index (χ2v) is 7.53. The van der Waals surface area contributed by atoms with Gasteiger partial charge in [0.05, 0.1) is 11.8 Å². The third-order valence-electron chi connectivity index (χ3n) is 5.51. The molecule has 0 bridgehead atoms. The van der Waals surface area contributed by atoms with Gasteiger partial charge in [0.15, 0.2) is 0 Å². The van der Waals surface area contributed by atoms with Gasteiger partial charge in [-0.1, -0.05) is 12.1 Å². The lowest BCUT2D eigenvalue weighted by Crippen LogP contribution is -2.47. The summed E-state index contributed by atoms with van der Waals surface area (Å²) in [6, 6.07) is 11.8. The van der Waals surface area contributed by atoms with Crippen LogP contribution >= 0.6 is 0 Å². The van der Waals surface area contributed by atoms with Crippen molar-refractivity contribution >= 4 is 11.5 Å². The predicted octanol–water partition coefficient (Wildman–Crippen LogP) is 3.24. The zero-order valence-corrected chi connectivity index (χ0v) is 16.3. The normalized spacial score (nSPS) is 19.8. The van der Waals surface area contributed by atoms with Gasteiger partial charge in [-0.3, -0.25) is 4.90 Å².